The average molecular weight is 554 g/mol. The first-order valence-corrected chi connectivity index (χ1v) is 13.9. The number of carbonyl (C=O) groups is 4. The van der Waals surface area contributed by atoms with Crippen LogP contribution in [-0.2, 0) is 32.1 Å². The number of amides is 4. The van der Waals surface area contributed by atoms with Gasteiger partial charge in [-0.15, -0.1) is 0 Å². The van der Waals surface area contributed by atoms with Gasteiger partial charge in [0.2, 0.25) is 23.6 Å². The third-order valence-corrected chi connectivity index (χ3v) is 7.82. The fourth-order valence-corrected chi connectivity index (χ4v) is 5.27. The maximum absolute atomic E-state index is 13.6. The lowest BCUT2D eigenvalue weighted by Crippen LogP contribution is -2.56. The third kappa shape index (κ3) is 7.16. The van der Waals surface area contributed by atoms with E-state index in [-0.39, 0.29) is 44.2 Å². The summed E-state index contributed by atoms with van der Waals surface area (Å²) in [6.45, 7) is 3.75. The molecule has 2 heterocycles. The number of hydrogen-bond donors (Lipinski definition) is 3. The van der Waals surface area contributed by atoms with E-state index in [0.29, 0.717) is 17.1 Å². The Hall–Kier alpha value is -3.43. The predicted octanol–water partition coefficient (Wildman–Crippen LogP) is 2.78. The van der Waals surface area contributed by atoms with Crippen molar-refractivity contribution in [3.05, 3.63) is 64.2 Å². The van der Waals surface area contributed by atoms with Crippen molar-refractivity contribution in [3.63, 3.8) is 0 Å². The maximum Gasteiger partial charge on any atom is 0.246 e. The normalized spacial score (nSPS) is 17.4. The topological polar surface area (TPSA) is 125 Å². The van der Waals surface area contributed by atoms with Crippen LogP contribution < -0.4 is 16.4 Å². The van der Waals surface area contributed by atoms with Crippen molar-refractivity contribution in [2.75, 3.05) is 25.0 Å². The van der Waals surface area contributed by atoms with Gasteiger partial charge < -0.3 is 26.2 Å². The molecule has 2 aliphatic rings. The molecule has 0 unspecified atom stereocenters. The zero-order valence-corrected chi connectivity index (χ0v) is 23.0. The van der Waals surface area contributed by atoms with E-state index in [4.69, 9.17) is 17.3 Å². The first kappa shape index (κ1) is 28.6. The summed E-state index contributed by atoms with van der Waals surface area (Å²) in [7, 11) is 0. The number of carbonyl (C=O) groups excluding carboxylic acids is 4. The maximum atomic E-state index is 13.6. The summed E-state index contributed by atoms with van der Waals surface area (Å²) in [4.78, 5) is 55.9. The smallest absolute Gasteiger partial charge is 0.246 e. The second kappa shape index (κ2) is 13.1. The van der Waals surface area contributed by atoms with E-state index in [1.807, 2.05) is 31.2 Å². The molecule has 0 aromatic heterocycles. The molecular formula is C29H36ClN5O4. The van der Waals surface area contributed by atoms with Crippen molar-refractivity contribution in [1.82, 2.24) is 15.1 Å². The number of nitrogens with zero attached hydrogens (tertiary/aromatic N) is 2. The number of halogens is 1. The number of nitrogens with two attached hydrogens (primary N) is 1. The lowest BCUT2D eigenvalue weighted by Gasteiger charge is -2.37. The molecule has 0 bridgehead atoms. The first-order valence-electron chi connectivity index (χ1n) is 13.5. The van der Waals surface area contributed by atoms with Gasteiger partial charge in [0, 0.05) is 49.6 Å². The Bertz CT molecular complexity index is 1230. The number of rotatable bonds is 9. The summed E-state index contributed by atoms with van der Waals surface area (Å²) in [5, 5.41) is 6.24. The van der Waals surface area contributed by atoms with Crippen molar-refractivity contribution in [1.29, 1.82) is 0 Å². The quantitative estimate of drug-likeness (QED) is 0.440. The highest BCUT2D eigenvalue weighted by Crippen LogP contribution is 2.25. The minimum atomic E-state index is -0.885. The van der Waals surface area contributed by atoms with Gasteiger partial charge in [-0.3, -0.25) is 19.2 Å². The van der Waals surface area contributed by atoms with E-state index >= 15 is 0 Å². The zero-order valence-electron chi connectivity index (χ0n) is 22.2. The summed E-state index contributed by atoms with van der Waals surface area (Å²) in [5.74, 6) is -1.12. The SMILES string of the molecule is Cc1cc(NC(=O)[C@H](CCN)NC(=O)[C@@H]2Cc3ccccc3CN2C(=O)CCC(=O)N2CCCC2)ccc1Cl. The number of hydrogen-bond acceptors (Lipinski definition) is 5. The summed E-state index contributed by atoms with van der Waals surface area (Å²) in [6.07, 6.45) is 2.67. The highest BCUT2D eigenvalue weighted by atomic mass is 35.5. The van der Waals surface area contributed by atoms with Crippen molar-refractivity contribution >= 4 is 40.9 Å². The number of aryl methyl sites for hydroxylation is 1. The Balaban J connectivity index is 1.47. The zero-order chi connectivity index (χ0) is 27.9. The predicted molar refractivity (Wildman–Crippen MR) is 150 cm³/mol. The van der Waals surface area contributed by atoms with Crippen LogP contribution in [0.1, 0.15) is 48.8 Å². The molecule has 4 amide bonds. The number of anilines is 1. The Kier molecular flexibility index (Phi) is 9.59. The average Bonchev–Trinajstić information content (AvgIpc) is 3.48. The highest BCUT2D eigenvalue weighted by Gasteiger charge is 2.36. The molecule has 10 heteroatoms. The van der Waals surface area contributed by atoms with Crippen molar-refractivity contribution in [3.8, 4) is 0 Å². The molecule has 1 saturated heterocycles. The minimum Gasteiger partial charge on any atom is -0.343 e. The molecule has 4 rings (SSSR count). The minimum absolute atomic E-state index is 0.0311. The van der Waals surface area contributed by atoms with Crippen LogP contribution in [0.2, 0.25) is 5.02 Å². The molecule has 2 aliphatic heterocycles. The Morgan fingerprint density at radius 1 is 1.03 bits per heavy atom. The van der Waals surface area contributed by atoms with Crippen LogP contribution in [0.3, 0.4) is 0 Å². The molecule has 0 spiro atoms. The van der Waals surface area contributed by atoms with Crippen molar-refractivity contribution in [2.24, 2.45) is 5.73 Å². The summed E-state index contributed by atoms with van der Waals surface area (Å²) >= 11 is 6.09. The van der Waals surface area contributed by atoms with Gasteiger partial charge in [0.25, 0.3) is 0 Å². The van der Waals surface area contributed by atoms with E-state index in [9.17, 15) is 19.2 Å². The van der Waals surface area contributed by atoms with Gasteiger partial charge in [0.05, 0.1) is 0 Å². The Morgan fingerprint density at radius 3 is 2.41 bits per heavy atom. The first-order chi connectivity index (χ1) is 18.8. The molecule has 0 radical (unpaired) electrons. The fraction of sp³-hybridized carbons (Fsp3) is 0.448. The molecular weight excluding hydrogens is 518 g/mol. The molecule has 2 aromatic rings. The molecule has 1 fully saturated rings. The monoisotopic (exact) mass is 553 g/mol. The lowest BCUT2D eigenvalue weighted by molar-refractivity contribution is -0.144. The molecule has 9 nitrogen and oxygen atoms in total. The van der Waals surface area contributed by atoms with Gasteiger partial charge in [0.15, 0.2) is 0 Å². The van der Waals surface area contributed by atoms with Crippen LogP contribution >= 0.6 is 11.6 Å². The molecule has 208 valence electrons. The summed E-state index contributed by atoms with van der Waals surface area (Å²) in [5.41, 5.74) is 9.09. The third-order valence-electron chi connectivity index (χ3n) is 7.40. The Labute approximate surface area is 234 Å². The highest BCUT2D eigenvalue weighted by molar-refractivity contribution is 6.31. The van der Waals surface area contributed by atoms with Gasteiger partial charge in [-0.05, 0) is 67.6 Å². The van der Waals surface area contributed by atoms with E-state index < -0.39 is 23.9 Å². The van der Waals surface area contributed by atoms with Crippen LogP contribution in [0.5, 0.6) is 0 Å². The second-order valence-corrected chi connectivity index (χ2v) is 10.6. The van der Waals surface area contributed by atoms with E-state index in [2.05, 4.69) is 10.6 Å². The van der Waals surface area contributed by atoms with Gasteiger partial charge >= 0.3 is 0 Å². The van der Waals surface area contributed by atoms with Gasteiger partial charge in [0.1, 0.15) is 12.1 Å². The van der Waals surface area contributed by atoms with Gasteiger partial charge in [-0.1, -0.05) is 35.9 Å². The van der Waals surface area contributed by atoms with Crippen molar-refractivity contribution < 1.29 is 19.2 Å². The summed E-state index contributed by atoms with van der Waals surface area (Å²) < 4.78 is 0. The number of likely N-dealkylation sites (tertiary alicyclic amines) is 1. The molecule has 39 heavy (non-hydrogen) atoms. The standard InChI is InChI=1S/C29H36ClN5O4/c1-19-16-22(8-9-23(19)30)32-28(38)24(12-13-31)33-29(39)25-17-20-6-2-3-7-21(20)18-35(25)27(37)11-10-26(36)34-14-4-5-15-34/h2-3,6-9,16,24-25H,4-5,10-15,17-18,31H2,1H3,(H,32,38)(H,33,39)/t24-,25-/m0/s1. The molecule has 4 N–H and O–H groups in total. The molecule has 2 aromatic carbocycles. The van der Waals surface area contributed by atoms with Crippen LogP contribution in [0, 0.1) is 6.92 Å². The summed E-state index contributed by atoms with van der Waals surface area (Å²) in [6, 6.07) is 11.1. The second-order valence-electron chi connectivity index (χ2n) is 10.2. The van der Waals surface area contributed by atoms with E-state index in [0.717, 1.165) is 42.6 Å². The number of benzene rings is 2. The Morgan fingerprint density at radius 2 is 1.72 bits per heavy atom. The number of fused-ring (bicyclic) bond motifs is 1. The van der Waals surface area contributed by atoms with Crippen LogP contribution in [-0.4, -0.2) is 65.1 Å². The lowest BCUT2D eigenvalue weighted by atomic mass is 9.92. The van der Waals surface area contributed by atoms with Gasteiger partial charge in [-0.25, -0.2) is 0 Å². The molecule has 0 aliphatic carbocycles. The van der Waals surface area contributed by atoms with Crippen LogP contribution in [0.25, 0.3) is 0 Å². The number of nitrogens with one attached hydrogen (secondary N) is 2. The van der Waals surface area contributed by atoms with Gasteiger partial charge in [-0.2, -0.15) is 0 Å². The largest absolute Gasteiger partial charge is 0.343 e. The van der Waals surface area contributed by atoms with Crippen LogP contribution in [0.4, 0.5) is 5.69 Å². The van der Waals surface area contributed by atoms with E-state index in [1.165, 1.54) is 4.90 Å². The van der Waals surface area contributed by atoms with Crippen LogP contribution in [0.15, 0.2) is 42.5 Å². The molecule has 2 atom stereocenters. The van der Waals surface area contributed by atoms with E-state index in [1.54, 1.807) is 23.1 Å². The molecule has 0 saturated carbocycles. The fourth-order valence-electron chi connectivity index (χ4n) is 5.16. The van der Waals surface area contributed by atoms with Crippen molar-refractivity contribution in [2.45, 2.75) is 64.1 Å².